The second kappa shape index (κ2) is 5.50. The molecule has 2 aromatic rings. The van der Waals surface area contributed by atoms with Crippen molar-refractivity contribution >= 4 is 0 Å². The number of rotatable bonds is 3. The van der Waals surface area contributed by atoms with Crippen LogP contribution in [0.3, 0.4) is 0 Å². The Kier molecular flexibility index (Phi) is 3.94. The fourth-order valence-corrected chi connectivity index (χ4v) is 1.74. The van der Waals surface area contributed by atoms with Crippen LogP contribution in [0.2, 0.25) is 0 Å². The summed E-state index contributed by atoms with van der Waals surface area (Å²) in [6, 6.07) is 10.3. The van der Waals surface area contributed by atoms with Gasteiger partial charge in [0.1, 0.15) is 11.6 Å². The van der Waals surface area contributed by atoms with Gasteiger partial charge in [-0.05, 0) is 35.4 Å². The minimum atomic E-state index is -4.72. The molecular weight excluding hydrogens is 274 g/mol. The first-order valence-corrected chi connectivity index (χ1v) is 5.72. The van der Waals surface area contributed by atoms with Gasteiger partial charge in [-0.2, -0.15) is 0 Å². The molecule has 0 bridgehead atoms. The van der Waals surface area contributed by atoms with E-state index in [9.17, 15) is 17.6 Å². The SMILES string of the molecule is N[C@@H](c1ccc(F)cc1)c1ccc(OC(F)(F)F)cc1. The topological polar surface area (TPSA) is 35.2 Å². The van der Waals surface area contributed by atoms with Gasteiger partial charge in [-0.1, -0.05) is 24.3 Å². The Hall–Kier alpha value is -2.08. The fraction of sp³-hybridized carbons (Fsp3) is 0.143. The summed E-state index contributed by atoms with van der Waals surface area (Å²) in [6.45, 7) is 0. The van der Waals surface area contributed by atoms with Crippen molar-refractivity contribution in [2.75, 3.05) is 0 Å². The van der Waals surface area contributed by atoms with Crippen LogP contribution >= 0.6 is 0 Å². The normalized spacial score (nSPS) is 13.1. The van der Waals surface area contributed by atoms with Crippen molar-refractivity contribution in [3.63, 3.8) is 0 Å². The van der Waals surface area contributed by atoms with E-state index < -0.39 is 12.4 Å². The summed E-state index contributed by atoms with van der Waals surface area (Å²) in [5, 5.41) is 0. The summed E-state index contributed by atoms with van der Waals surface area (Å²) in [4.78, 5) is 0. The van der Waals surface area contributed by atoms with Crippen LogP contribution < -0.4 is 10.5 Å². The highest BCUT2D eigenvalue weighted by Crippen LogP contribution is 2.26. The summed E-state index contributed by atoms with van der Waals surface area (Å²) in [5.74, 6) is -0.692. The molecule has 2 rings (SSSR count). The van der Waals surface area contributed by atoms with Gasteiger partial charge in [-0.15, -0.1) is 13.2 Å². The van der Waals surface area contributed by atoms with Crippen molar-refractivity contribution in [2.45, 2.75) is 12.4 Å². The van der Waals surface area contributed by atoms with Crippen LogP contribution in [0.15, 0.2) is 48.5 Å². The Bertz CT molecular complexity index is 563. The number of hydrogen-bond donors (Lipinski definition) is 1. The Balaban J connectivity index is 2.15. The molecule has 0 amide bonds. The van der Waals surface area contributed by atoms with Gasteiger partial charge in [-0.3, -0.25) is 0 Å². The molecule has 20 heavy (non-hydrogen) atoms. The maximum absolute atomic E-state index is 12.8. The van der Waals surface area contributed by atoms with E-state index >= 15 is 0 Å². The van der Waals surface area contributed by atoms with Crippen LogP contribution in [0.1, 0.15) is 17.2 Å². The molecule has 0 radical (unpaired) electrons. The molecule has 0 spiro atoms. The lowest BCUT2D eigenvalue weighted by Gasteiger charge is -2.14. The van der Waals surface area contributed by atoms with Crippen molar-refractivity contribution in [1.82, 2.24) is 0 Å². The van der Waals surface area contributed by atoms with E-state index in [0.717, 1.165) is 0 Å². The Morgan fingerprint density at radius 2 is 1.30 bits per heavy atom. The van der Waals surface area contributed by atoms with Crippen LogP contribution in [0, 0.1) is 5.82 Å². The number of halogens is 4. The van der Waals surface area contributed by atoms with Crippen molar-refractivity contribution in [1.29, 1.82) is 0 Å². The largest absolute Gasteiger partial charge is 0.573 e. The number of benzene rings is 2. The van der Waals surface area contributed by atoms with Gasteiger partial charge in [0.05, 0.1) is 6.04 Å². The van der Waals surface area contributed by atoms with Crippen molar-refractivity contribution < 1.29 is 22.3 Å². The second-order valence-electron chi connectivity index (χ2n) is 4.15. The molecule has 2 N–H and O–H groups in total. The van der Waals surface area contributed by atoms with E-state index in [1.165, 1.54) is 48.5 Å². The van der Waals surface area contributed by atoms with Crippen LogP contribution in [-0.4, -0.2) is 6.36 Å². The van der Waals surface area contributed by atoms with Crippen LogP contribution in [-0.2, 0) is 0 Å². The third kappa shape index (κ3) is 3.71. The zero-order valence-electron chi connectivity index (χ0n) is 10.2. The minimum absolute atomic E-state index is 0.312. The smallest absolute Gasteiger partial charge is 0.406 e. The third-order valence-electron chi connectivity index (χ3n) is 2.70. The average molecular weight is 285 g/mol. The van der Waals surface area contributed by atoms with Gasteiger partial charge in [0.2, 0.25) is 0 Å². The summed E-state index contributed by atoms with van der Waals surface area (Å²) in [6.07, 6.45) is -4.72. The van der Waals surface area contributed by atoms with Crippen LogP contribution in [0.4, 0.5) is 17.6 Å². The summed E-state index contributed by atoms with van der Waals surface area (Å²) < 4.78 is 52.6. The highest BCUT2D eigenvalue weighted by atomic mass is 19.4. The summed E-state index contributed by atoms with van der Waals surface area (Å²) >= 11 is 0. The third-order valence-corrected chi connectivity index (χ3v) is 2.70. The predicted molar refractivity (Wildman–Crippen MR) is 65.6 cm³/mol. The molecular formula is C14H11F4NO. The van der Waals surface area contributed by atoms with Gasteiger partial charge in [0.25, 0.3) is 0 Å². The summed E-state index contributed by atoms with van der Waals surface area (Å²) in [5.41, 5.74) is 7.22. The summed E-state index contributed by atoms with van der Waals surface area (Å²) in [7, 11) is 0. The minimum Gasteiger partial charge on any atom is -0.406 e. The molecule has 6 heteroatoms. The first-order chi connectivity index (χ1) is 9.35. The number of hydrogen-bond acceptors (Lipinski definition) is 2. The molecule has 1 atom stereocenters. The molecule has 2 nitrogen and oxygen atoms in total. The lowest BCUT2D eigenvalue weighted by molar-refractivity contribution is -0.274. The second-order valence-corrected chi connectivity index (χ2v) is 4.15. The molecule has 106 valence electrons. The van der Waals surface area contributed by atoms with E-state index in [4.69, 9.17) is 5.73 Å². The van der Waals surface area contributed by atoms with E-state index in [-0.39, 0.29) is 11.6 Å². The Morgan fingerprint density at radius 1 is 0.850 bits per heavy atom. The molecule has 0 aromatic heterocycles. The number of alkyl halides is 3. The van der Waals surface area contributed by atoms with Gasteiger partial charge in [0.15, 0.2) is 0 Å². The number of ether oxygens (including phenoxy) is 1. The lowest BCUT2D eigenvalue weighted by Crippen LogP contribution is -2.17. The predicted octanol–water partition coefficient (Wildman–Crippen LogP) is 3.77. The molecule has 0 aliphatic heterocycles. The Morgan fingerprint density at radius 3 is 1.75 bits per heavy atom. The van der Waals surface area contributed by atoms with Crippen molar-refractivity contribution in [3.8, 4) is 5.75 Å². The zero-order chi connectivity index (χ0) is 14.8. The molecule has 0 saturated carbocycles. The first-order valence-electron chi connectivity index (χ1n) is 5.72. The van der Waals surface area contributed by atoms with Crippen LogP contribution in [0.25, 0.3) is 0 Å². The molecule has 0 unspecified atom stereocenters. The standard InChI is InChI=1S/C14H11F4NO/c15-11-5-1-9(2-6-11)13(19)10-3-7-12(8-4-10)20-14(16,17)18/h1-8,13H,19H2/t13-/m0/s1. The van der Waals surface area contributed by atoms with E-state index in [1.54, 1.807) is 0 Å². The van der Waals surface area contributed by atoms with E-state index in [0.29, 0.717) is 11.1 Å². The maximum atomic E-state index is 12.8. The van der Waals surface area contributed by atoms with Crippen molar-refractivity contribution in [2.24, 2.45) is 5.73 Å². The molecule has 0 aliphatic carbocycles. The van der Waals surface area contributed by atoms with Crippen LogP contribution in [0.5, 0.6) is 5.75 Å². The first kappa shape index (κ1) is 14.3. The molecule has 0 saturated heterocycles. The number of nitrogens with two attached hydrogens (primary N) is 1. The highest BCUT2D eigenvalue weighted by molar-refractivity contribution is 5.35. The monoisotopic (exact) mass is 285 g/mol. The Labute approximate surface area is 112 Å². The van der Waals surface area contributed by atoms with E-state index in [1.807, 2.05) is 0 Å². The van der Waals surface area contributed by atoms with Gasteiger partial charge >= 0.3 is 6.36 Å². The van der Waals surface area contributed by atoms with Gasteiger partial charge in [0, 0.05) is 0 Å². The van der Waals surface area contributed by atoms with Crippen molar-refractivity contribution in [3.05, 3.63) is 65.5 Å². The van der Waals surface area contributed by atoms with Gasteiger partial charge < -0.3 is 10.5 Å². The molecule has 2 aromatic carbocycles. The highest BCUT2D eigenvalue weighted by Gasteiger charge is 2.31. The van der Waals surface area contributed by atoms with E-state index in [2.05, 4.69) is 4.74 Å². The zero-order valence-corrected chi connectivity index (χ0v) is 10.2. The average Bonchev–Trinajstić information content (AvgIpc) is 2.38. The molecule has 0 fully saturated rings. The quantitative estimate of drug-likeness (QED) is 0.871. The molecule has 0 heterocycles. The fourth-order valence-electron chi connectivity index (χ4n) is 1.74. The maximum Gasteiger partial charge on any atom is 0.573 e. The lowest BCUT2D eigenvalue weighted by atomic mass is 10.00. The van der Waals surface area contributed by atoms with Gasteiger partial charge in [-0.25, -0.2) is 4.39 Å². The molecule has 0 aliphatic rings.